The van der Waals surface area contributed by atoms with Crippen molar-refractivity contribution in [3.63, 3.8) is 0 Å². The molecule has 0 saturated heterocycles. The van der Waals surface area contributed by atoms with E-state index in [-0.39, 0.29) is 13.2 Å². The summed E-state index contributed by atoms with van der Waals surface area (Å²) in [6, 6.07) is 3.60. The van der Waals surface area contributed by atoms with Gasteiger partial charge in [0.05, 0.1) is 12.3 Å². The molecule has 0 aromatic heterocycles. The molecule has 88 valence electrons. The summed E-state index contributed by atoms with van der Waals surface area (Å²) in [5.41, 5.74) is 0.575. The van der Waals surface area contributed by atoms with Crippen molar-refractivity contribution in [3.05, 3.63) is 25.6 Å². The summed E-state index contributed by atoms with van der Waals surface area (Å²) in [6.45, 7) is -0.228. The zero-order valence-electron chi connectivity index (χ0n) is 7.97. The minimum atomic E-state index is -0.613. The smallest absolute Gasteiger partial charge is 0.411 e. The number of aliphatic hydroxyl groups is 1. The molecule has 0 unspecified atom stereocenters. The van der Waals surface area contributed by atoms with Crippen LogP contribution in [-0.2, 0) is 4.74 Å². The summed E-state index contributed by atoms with van der Waals surface area (Å²) in [4.78, 5) is 11.3. The van der Waals surface area contributed by atoms with Crippen molar-refractivity contribution >= 4 is 59.6 Å². The van der Waals surface area contributed by atoms with Crippen LogP contribution in [0.5, 0.6) is 0 Å². The molecule has 2 N–H and O–H groups in total. The molecule has 0 aliphatic rings. The van der Waals surface area contributed by atoms with Crippen molar-refractivity contribution < 1.29 is 14.6 Å². The molecule has 0 fully saturated rings. The van der Waals surface area contributed by atoms with Gasteiger partial charge in [0, 0.05) is 13.4 Å². The summed E-state index contributed by atoms with van der Waals surface area (Å²) < 4.78 is 6.99. The Morgan fingerprint density at radius 3 is 2.38 bits per heavy atom. The first kappa shape index (κ1) is 14.0. The Morgan fingerprint density at radius 1 is 1.31 bits per heavy atom. The number of carbonyl (C=O) groups is 1. The van der Waals surface area contributed by atoms with Gasteiger partial charge in [-0.25, -0.2) is 4.79 Å². The van der Waals surface area contributed by atoms with E-state index in [2.05, 4.69) is 57.8 Å². The normalized spacial score (nSPS) is 10.0. The van der Waals surface area contributed by atoms with Gasteiger partial charge in [-0.15, -0.1) is 0 Å². The highest BCUT2D eigenvalue weighted by Crippen LogP contribution is 2.34. The van der Waals surface area contributed by atoms with E-state index < -0.39 is 6.09 Å². The highest BCUT2D eigenvalue weighted by Gasteiger charge is 2.10. The molecule has 4 nitrogen and oxygen atoms in total. The number of benzene rings is 1. The fraction of sp³-hybridized carbons (Fsp3) is 0.222. The highest BCUT2D eigenvalue weighted by molar-refractivity contribution is 9.11. The van der Waals surface area contributed by atoms with Gasteiger partial charge in [-0.1, -0.05) is 15.9 Å². The third-order valence-electron chi connectivity index (χ3n) is 1.56. The quantitative estimate of drug-likeness (QED) is 0.791. The van der Waals surface area contributed by atoms with E-state index in [0.29, 0.717) is 5.69 Å². The van der Waals surface area contributed by atoms with Crippen LogP contribution in [0.1, 0.15) is 0 Å². The Morgan fingerprint density at radius 2 is 1.88 bits per heavy atom. The number of rotatable bonds is 3. The largest absolute Gasteiger partial charge is 0.447 e. The van der Waals surface area contributed by atoms with Gasteiger partial charge in [0.2, 0.25) is 0 Å². The molecule has 1 aromatic rings. The van der Waals surface area contributed by atoms with Crippen molar-refractivity contribution in [1.29, 1.82) is 0 Å². The van der Waals surface area contributed by atoms with Gasteiger partial charge in [0.15, 0.2) is 0 Å². The van der Waals surface area contributed by atoms with Crippen molar-refractivity contribution in [2.45, 2.75) is 0 Å². The maximum atomic E-state index is 11.3. The first-order valence-electron chi connectivity index (χ1n) is 4.23. The second kappa shape index (κ2) is 6.58. The summed E-state index contributed by atoms with van der Waals surface area (Å²) >= 11 is 9.95. The van der Waals surface area contributed by atoms with Crippen LogP contribution < -0.4 is 5.32 Å². The van der Waals surface area contributed by atoms with Gasteiger partial charge < -0.3 is 9.84 Å². The minimum absolute atomic E-state index is 0.0302. The average Bonchev–Trinajstić information content (AvgIpc) is 2.20. The van der Waals surface area contributed by atoms with E-state index in [4.69, 9.17) is 5.11 Å². The van der Waals surface area contributed by atoms with Crippen LogP contribution in [0.4, 0.5) is 10.5 Å². The van der Waals surface area contributed by atoms with Gasteiger partial charge in [0.1, 0.15) is 6.61 Å². The standard InChI is InChI=1S/C9H8Br3NO3/c10-5-3-6(11)8(7(12)4-5)13-9(15)16-2-1-14/h3-4,14H,1-2H2,(H,13,15). The Hall–Kier alpha value is -0.110. The number of halogens is 3. The predicted octanol–water partition coefficient (Wildman–Crippen LogP) is 3.51. The lowest BCUT2D eigenvalue weighted by atomic mass is 10.3. The van der Waals surface area contributed by atoms with E-state index in [1.165, 1.54) is 0 Å². The lowest BCUT2D eigenvalue weighted by Crippen LogP contribution is -2.16. The van der Waals surface area contributed by atoms with E-state index >= 15 is 0 Å². The maximum absolute atomic E-state index is 11.3. The van der Waals surface area contributed by atoms with Crippen molar-refractivity contribution in [2.24, 2.45) is 0 Å². The molecule has 0 atom stereocenters. The third kappa shape index (κ3) is 4.04. The summed E-state index contributed by atoms with van der Waals surface area (Å²) in [6.07, 6.45) is -0.613. The molecule has 1 amide bonds. The van der Waals surface area contributed by atoms with Crippen LogP contribution in [0, 0.1) is 0 Å². The van der Waals surface area contributed by atoms with Crippen molar-refractivity contribution in [1.82, 2.24) is 0 Å². The third-order valence-corrected chi connectivity index (χ3v) is 3.27. The number of nitrogens with one attached hydrogen (secondary N) is 1. The second-order valence-corrected chi connectivity index (χ2v) is 5.35. The molecule has 0 aliphatic heterocycles. The molecule has 1 rings (SSSR count). The molecule has 0 bridgehead atoms. The Bertz CT molecular complexity index is 375. The van der Waals surface area contributed by atoms with Gasteiger partial charge >= 0.3 is 6.09 Å². The fourth-order valence-corrected chi connectivity index (χ4v) is 3.40. The molecular weight excluding hydrogens is 410 g/mol. The van der Waals surface area contributed by atoms with Gasteiger partial charge in [-0.3, -0.25) is 5.32 Å². The van der Waals surface area contributed by atoms with Crippen LogP contribution in [0.2, 0.25) is 0 Å². The van der Waals surface area contributed by atoms with E-state index in [1.54, 1.807) is 12.1 Å². The minimum Gasteiger partial charge on any atom is -0.447 e. The molecule has 0 spiro atoms. The Labute approximate surface area is 118 Å². The topological polar surface area (TPSA) is 58.6 Å². The zero-order valence-corrected chi connectivity index (χ0v) is 12.7. The van der Waals surface area contributed by atoms with Crippen LogP contribution in [0.3, 0.4) is 0 Å². The molecule has 0 radical (unpaired) electrons. The molecular formula is C9H8Br3NO3. The Kier molecular flexibility index (Phi) is 5.74. The van der Waals surface area contributed by atoms with Crippen LogP contribution in [0.15, 0.2) is 25.6 Å². The number of ether oxygens (including phenoxy) is 1. The van der Waals surface area contributed by atoms with E-state index in [0.717, 1.165) is 13.4 Å². The summed E-state index contributed by atoms with van der Waals surface area (Å²) in [5, 5.41) is 11.1. The first-order chi connectivity index (χ1) is 7.54. The summed E-state index contributed by atoms with van der Waals surface area (Å²) in [5.74, 6) is 0. The molecule has 1 aromatic carbocycles. The highest BCUT2D eigenvalue weighted by atomic mass is 79.9. The zero-order chi connectivity index (χ0) is 12.1. The van der Waals surface area contributed by atoms with Crippen LogP contribution in [-0.4, -0.2) is 24.4 Å². The van der Waals surface area contributed by atoms with Crippen LogP contribution >= 0.6 is 47.8 Å². The molecule has 0 heterocycles. The SMILES string of the molecule is O=C(Nc1c(Br)cc(Br)cc1Br)OCCO. The van der Waals surface area contributed by atoms with Gasteiger partial charge in [-0.2, -0.15) is 0 Å². The molecule has 16 heavy (non-hydrogen) atoms. The van der Waals surface area contributed by atoms with Gasteiger partial charge in [0.25, 0.3) is 0 Å². The van der Waals surface area contributed by atoms with Crippen molar-refractivity contribution in [2.75, 3.05) is 18.5 Å². The number of amides is 1. The fourth-order valence-electron chi connectivity index (χ4n) is 0.938. The molecule has 0 saturated carbocycles. The lowest BCUT2D eigenvalue weighted by molar-refractivity contribution is 0.131. The first-order valence-corrected chi connectivity index (χ1v) is 6.61. The second-order valence-electron chi connectivity index (χ2n) is 2.73. The number of aliphatic hydroxyl groups excluding tert-OH is 1. The number of carbonyl (C=O) groups excluding carboxylic acids is 1. The number of hydrogen-bond donors (Lipinski definition) is 2. The predicted molar refractivity (Wildman–Crippen MR) is 71.6 cm³/mol. The maximum Gasteiger partial charge on any atom is 0.411 e. The van der Waals surface area contributed by atoms with E-state index in [9.17, 15) is 4.79 Å². The van der Waals surface area contributed by atoms with Crippen molar-refractivity contribution in [3.8, 4) is 0 Å². The molecule has 7 heteroatoms. The number of anilines is 1. The molecule has 0 aliphatic carbocycles. The van der Waals surface area contributed by atoms with E-state index in [1.807, 2.05) is 0 Å². The summed E-state index contributed by atoms with van der Waals surface area (Å²) in [7, 11) is 0. The number of hydrogen-bond acceptors (Lipinski definition) is 3. The monoisotopic (exact) mass is 415 g/mol. The van der Waals surface area contributed by atoms with Crippen LogP contribution in [0.25, 0.3) is 0 Å². The Balaban J connectivity index is 2.77. The lowest BCUT2D eigenvalue weighted by Gasteiger charge is -2.10. The van der Waals surface area contributed by atoms with Gasteiger partial charge in [-0.05, 0) is 44.0 Å². The average molecular weight is 418 g/mol.